The Morgan fingerprint density at radius 1 is 0.553 bits per heavy atom. The van der Waals surface area contributed by atoms with Crippen LogP contribution >= 0.6 is 7.26 Å². The molecule has 4 nitrogen and oxygen atoms in total. The summed E-state index contributed by atoms with van der Waals surface area (Å²) >= 11 is 0. The second-order valence-corrected chi connectivity index (χ2v) is 12.2. The van der Waals surface area contributed by atoms with Gasteiger partial charge in [-0.1, -0.05) is 78.9 Å². The van der Waals surface area contributed by atoms with Gasteiger partial charge in [-0.3, -0.25) is 4.99 Å². The molecule has 0 heterocycles. The highest BCUT2D eigenvalue weighted by Gasteiger charge is 2.49. The first-order chi connectivity index (χ1) is 18.7. The number of nitrogens with one attached hydrogen (secondary N) is 1. The van der Waals surface area contributed by atoms with Crippen molar-refractivity contribution in [1.29, 1.82) is 0 Å². The zero-order valence-corrected chi connectivity index (χ0v) is 21.9. The van der Waals surface area contributed by atoms with Crippen LogP contribution in [0.4, 0.5) is 22.7 Å². The van der Waals surface area contributed by atoms with Crippen molar-refractivity contribution < 1.29 is 0 Å². The van der Waals surface area contributed by atoms with Crippen molar-refractivity contribution in [1.82, 2.24) is 0 Å². The van der Waals surface area contributed by atoms with E-state index in [-0.39, 0.29) is 0 Å². The van der Waals surface area contributed by atoms with Crippen LogP contribution in [0.1, 0.15) is 0 Å². The highest BCUT2D eigenvalue weighted by Crippen LogP contribution is 2.61. The minimum Gasteiger partial charge on any atom is -0.397 e. The number of nitrogen functional groups attached to an aromatic ring is 2. The third kappa shape index (κ3) is 5.08. The van der Waals surface area contributed by atoms with Gasteiger partial charge in [-0.15, -0.1) is 0 Å². The Labute approximate surface area is 224 Å². The Kier molecular flexibility index (Phi) is 7.63. The number of aliphatic imine (C=N–C) groups is 1. The lowest BCUT2D eigenvalue weighted by atomic mass is 10.3. The average Bonchev–Trinajstić information content (AvgIpc) is 2.98. The smallest absolute Gasteiger partial charge is 0.147 e. The fourth-order valence-corrected chi connectivity index (χ4v) is 8.73. The topological polar surface area (TPSA) is 76.4 Å². The van der Waals surface area contributed by atoms with Crippen molar-refractivity contribution >= 4 is 52.1 Å². The van der Waals surface area contributed by atoms with Crippen molar-refractivity contribution in [3.63, 3.8) is 0 Å². The first-order valence-electron chi connectivity index (χ1n) is 12.5. The summed E-state index contributed by atoms with van der Waals surface area (Å²) in [6.45, 7) is 0. The summed E-state index contributed by atoms with van der Waals surface area (Å²) in [5.74, 6) is 0. The zero-order valence-electron chi connectivity index (χ0n) is 21.0. The van der Waals surface area contributed by atoms with Gasteiger partial charge in [-0.2, -0.15) is 0 Å². The molecule has 0 saturated carbocycles. The molecule has 0 aliphatic heterocycles. The Hall–Kier alpha value is -4.66. The van der Waals surface area contributed by atoms with E-state index in [0.717, 1.165) is 16.7 Å². The maximum atomic E-state index is 6.30. The zero-order chi connectivity index (χ0) is 26.2. The first-order valence-corrected chi connectivity index (χ1v) is 14.2. The number of nitrogens with zero attached hydrogens (tertiary/aromatic N) is 1. The number of hydrogen-bond donors (Lipinski definition) is 3. The normalized spacial score (nSPS) is 11.9. The fourth-order valence-electron chi connectivity index (χ4n) is 4.59. The van der Waals surface area contributed by atoms with E-state index in [2.05, 4.69) is 103 Å². The molecular weight excluding hydrogens is 483 g/mol. The van der Waals surface area contributed by atoms with Crippen LogP contribution in [0.25, 0.3) is 0 Å². The van der Waals surface area contributed by atoms with Crippen LogP contribution < -0.4 is 32.7 Å². The van der Waals surface area contributed by atoms with Gasteiger partial charge in [0, 0.05) is 6.20 Å². The minimum atomic E-state index is -2.40. The molecule has 0 saturated heterocycles. The number of anilines is 3. The summed E-state index contributed by atoms with van der Waals surface area (Å²) in [7, 11) is -2.40. The maximum Gasteiger partial charge on any atom is 0.147 e. The Morgan fingerprint density at radius 3 is 1.50 bits per heavy atom. The van der Waals surface area contributed by atoms with Gasteiger partial charge in [0.1, 0.15) is 28.5 Å². The highest BCUT2D eigenvalue weighted by molar-refractivity contribution is 7.99. The van der Waals surface area contributed by atoms with Gasteiger partial charge < -0.3 is 16.8 Å². The van der Waals surface area contributed by atoms with E-state index in [4.69, 9.17) is 16.5 Å². The van der Waals surface area contributed by atoms with Gasteiger partial charge >= 0.3 is 0 Å². The van der Waals surface area contributed by atoms with E-state index >= 15 is 0 Å². The van der Waals surface area contributed by atoms with Crippen LogP contribution in [0.2, 0.25) is 0 Å². The van der Waals surface area contributed by atoms with Crippen LogP contribution in [0.5, 0.6) is 0 Å². The number of allylic oxidation sites excluding steroid dienone is 1. The van der Waals surface area contributed by atoms with Gasteiger partial charge in [0.2, 0.25) is 0 Å². The van der Waals surface area contributed by atoms with E-state index in [0.29, 0.717) is 11.4 Å². The SMILES string of the molecule is Nc1ccccc1N=C/C(=C\Nc1ccccc1N)[P+](c1ccccc1)(c1ccccc1)c1ccccc1. The molecule has 0 spiro atoms. The van der Waals surface area contributed by atoms with Crippen molar-refractivity contribution in [2.45, 2.75) is 0 Å². The standard InChI is InChI=1S/C33H30N4P/c34-30-20-10-12-22-32(30)36-24-29(25-37-33-23-13-11-21-31(33)35)38(26-14-4-1-5-15-26,27-16-6-2-7-17-27)28-18-8-3-9-19-28/h1-25,36H,34-35H2/q+1/b29-24+,37-25?. The Balaban J connectivity index is 1.81. The molecule has 0 bridgehead atoms. The summed E-state index contributed by atoms with van der Waals surface area (Å²) in [5, 5.41) is 8.20. The van der Waals surface area contributed by atoms with Crippen molar-refractivity contribution in [2.24, 2.45) is 4.99 Å². The fraction of sp³-hybridized carbons (Fsp3) is 0. The summed E-state index contributed by atoms with van der Waals surface area (Å²) < 4.78 is 0. The Morgan fingerprint density at radius 2 is 1.00 bits per heavy atom. The molecule has 5 aromatic rings. The molecule has 5 aromatic carbocycles. The maximum absolute atomic E-state index is 6.30. The molecule has 0 unspecified atom stereocenters. The van der Waals surface area contributed by atoms with Crippen molar-refractivity contribution in [2.75, 3.05) is 16.8 Å². The van der Waals surface area contributed by atoms with Gasteiger partial charge in [0.25, 0.3) is 0 Å². The largest absolute Gasteiger partial charge is 0.397 e. The van der Waals surface area contributed by atoms with Crippen LogP contribution in [0, 0.1) is 0 Å². The molecule has 5 N–H and O–H groups in total. The molecule has 38 heavy (non-hydrogen) atoms. The molecule has 5 rings (SSSR count). The van der Waals surface area contributed by atoms with E-state index in [1.807, 2.05) is 54.7 Å². The number of rotatable bonds is 8. The van der Waals surface area contributed by atoms with Gasteiger partial charge in [-0.05, 0) is 60.7 Å². The predicted molar refractivity (Wildman–Crippen MR) is 167 cm³/mol. The van der Waals surface area contributed by atoms with Crippen LogP contribution in [-0.4, -0.2) is 6.21 Å². The van der Waals surface area contributed by atoms with Crippen LogP contribution in [0.3, 0.4) is 0 Å². The number of para-hydroxylation sites is 4. The highest BCUT2D eigenvalue weighted by atomic mass is 31.2. The molecule has 0 aliphatic rings. The molecule has 0 aliphatic carbocycles. The number of hydrogen-bond acceptors (Lipinski definition) is 4. The predicted octanol–water partition coefficient (Wildman–Crippen LogP) is 6.50. The lowest BCUT2D eigenvalue weighted by molar-refractivity contribution is 1.52. The molecule has 0 fully saturated rings. The first kappa shape index (κ1) is 25.0. The monoisotopic (exact) mass is 513 g/mol. The quantitative estimate of drug-likeness (QED) is 0.126. The Bertz CT molecular complexity index is 1450. The van der Waals surface area contributed by atoms with E-state index < -0.39 is 7.26 Å². The summed E-state index contributed by atoms with van der Waals surface area (Å²) in [5.41, 5.74) is 15.5. The second-order valence-electron chi connectivity index (χ2n) is 8.80. The van der Waals surface area contributed by atoms with Crippen molar-refractivity contribution in [3.05, 3.63) is 151 Å². The van der Waals surface area contributed by atoms with Gasteiger partial charge in [-0.25, -0.2) is 0 Å². The van der Waals surface area contributed by atoms with Crippen molar-refractivity contribution in [3.8, 4) is 0 Å². The number of nitrogens with two attached hydrogens (primary N) is 2. The van der Waals surface area contributed by atoms with Gasteiger partial charge in [0.05, 0.1) is 29.0 Å². The third-order valence-electron chi connectivity index (χ3n) is 6.43. The molecule has 0 radical (unpaired) electrons. The summed E-state index contributed by atoms with van der Waals surface area (Å²) in [4.78, 5) is 4.92. The third-order valence-corrected chi connectivity index (χ3v) is 10.7. The van der Waals surface area contributed by atoms with Crippen LogP contribution in [-0.2, 0) is 0 Å². The molecule has 0 aromatic heterocycles. The lowest BCUT2D eigenvalue weighted by Crippen LogP contribution is -2.33. The van der Waals surface area contributed by atoms with Gasteiger partial charge in [0.15, 0.2) is 0 Å². The van der Waals surface area contributed by atoms with E-state index in [1.54, 1.807) is 0 Å². The number of benzene rings is 5. The second kappa shape index (κ2) is 11.6. The molecule has 5 heteroatoms. The summed E-state index contributed by atoms with van der Waals surface area (Å²) in [6, 6.07) is 47.5. The van der Waals surface area contributed by atoms with Crippen LogP contribution in [0.15, 0.2) is 156 Å². The lowest BCUT2D eigenvalue weighted by Gasteiger charge is -2.28. The molecule has 0 atom stereocenters. The van der Waals surface area contributed by atoms with E-state index in [9.17, 15) is 0 Å². The minimum absolute atomic E-state index is 0.631. The molecule has 0 amide bonds. The molecule has 186 valence electrons. The summed E-state index contributed by atoms with van der Waals surface area (Å²) in [6.07, 6.45) is 4.01. The molecular formula is C33H30N4P+. The average molecular weight is 514 g/mol. The van der Waals surface area contributed by atoms with E-state index in [1.165, 1.54) is 15.9 Å².